The molecule has 4 nitrogen and oxygen atoms in total. The number of hydrogen-bond acceptors (Lipinski definition) is 3. The summed E-state index contributed by atoms with van der Waals surface area (Å²) >= 11 is 0. The minimum Gasteiger partial charge on any atom is -0.493 e. The molecule has 1 aliphatic rings. The van der Waals surface area contributed by atoms with Crippen LogP contribution in [-0.2, 0) is 11.2 Å². The number of anilines is 1. The van der Waals surface area contributed by atoms with Crippen LogP contribution in [0.4, 0.5) is 5.69 Å². The number of carboxylic acid groups (broad SMARTS) is 1. The highest BCUT2D eigenvalue weighted by Gasteiger charge is 2.28. The number of hydrogen-bond donors (Lipinski definition) is 2. The molecule has 2 aromatic rings. The van der Waals surface area contributed by atoms with E-state index in [1.807, 2.05) is 61.5 Å². The van der Waals surface area contributed by atoms with E-state index in [0.29, 0.717) is 13.0 Å². The summed E-state index contributed by atoms with van der Waals surface area (Å²) in [5.41, 5.74) is 1.85. The fourth-order valence-corrected chi connectivity index (χ4v) is 2.24. The summed E-state index contributed by atoms with van der Waals surface area (Å²) in [6, 6.07) is 17.1. The summed E-state index contributed by atoms with van der Waals surface area (Å²) < 4.78 is 5.59. The van der Waals surface area contributed by atoms with Gasteiger partial charge in [-0.2, -0.15) is 0 Å². The van der Waals surface area contributed by atoms with Gasteiger partial charge in [-0.15, -0.1) is 0 Å². The second-order valence-electron chi connectivity index (χ2n) is 5.02. The smallest absolute Gasteiger partial charge is 0.326 e. The van der Waals surface area contributed by atoms with Crippen molar-refractivity contribution in [2.75, 3.05) is 11.9 Å². The van der Waals surface area contributed by atoms with Crippen LogP contribution in [0.2, 0.25) is 0 Å². The molecule has 0 saturated heterocycles. The van der Waals surface area contributed by atoms with Crippen LogP contribution in [0.5, 0.6) is 5.75 Å². The summed E-state index contributed by atoms with van der Waals surface area (Å²) in [5.74, 6) is -0.0201. The van der Waals surface area contributed by atoms with Crippen molar-refractivity contribution in [2.24, 2.45) is 0 Å². The topological polar surface area (TPSA) is 58.6 Å². The van der Waals surface area contributed by atoms with Gasteiger partial charge in [-0.25, -0.2) is 4.79 Å². The zero-order valence-corrected chi connectivity index (χ0v) is 12.7. The average Bonchev–Trinajstić information content (AvgIpc) is 3.00. The first kappa shape index (κ1) is 15.9. The van der Waals surface area contributed by atoms with Crippen LogP contribution >= 0.6 is 0 Å². The summed E-state index contributed by atoms with van der Waals surface area (Å²) in [5, 5.41) is 11.9. The largest absolute Gasteiger partial charge is 0.493 e. The van der Waals surface area contributed by atoms with Crippen molar-refractivity contribution in [3.8, 4) is 5.75 Å². The monoisotopic (exact) mass is 299 g/mol. The van der Waals surface area contributed by atoms with E-state index in [1.54, 1.807) is 0 Å². The van der Waals surface area contributed by atoms with E-state index in [4.69, 9.17) is 9.84 Å². The molecule has 0 radical (unpaired) electrons. The molecule has 0 spiro atoms. The Morgan fingerprint density at radius 1 is 1.18 bits per heavy atom. The summed E-state index contributed by atoms with van der Waals surface area (Å²) in [6.07, 6.45) is 1.43. The summed E-state index contributed by atoms with van der Waals surface area (Å²) in [7, 11) is 0. The van der Waals surface area contributed by atoms with E-state index >= 15 is 0 Å². The van der Waals surface area contributed by atoms with Gasteiger partial charge in [0.2, 0.25) is 0 Å². The molecule has 22 heavy (non-hydrogen) atoms. The van der Waals surface area contributed by atoms with Crippen LogP contribution in [0.15, 0.2) is 54.6 Å². The van der Waals surface area contributed by atoms with Crippen molar-refractivity contribution < 1.29 is 14.6 Å². The molecule has 4 heteroatoms. The summed E-state index contributed by atoms with van der Waals surface area (Å²) in [4.78, 5) is 10.9. The van der Waals surface area contributed by atoms with E-state index in [-0.39, 0.29) is 0 Å². The van der Waals surface area contributed by atoms with Crippen LogP contribution < -0.4 is 10.1 Å². The molecule has 1 heterocycles. The second kappa shape index (κ2) is 8.08. The molecule has 0 bridgehead atoms. The van der Waals surface area contributed by atoms with Crippen molar-refractivity contribution >= 4 is 11.7 Å². The van der Waals surface area contributed by atoms with Gasteiger partial charge in [-0.3, -0.25) is 0 Å². The van der Waals surface area contributed by atoms with Crippen LogP contribution in [0.1, 0.15) is 18.9 Å². The van der Waals surface area contributed by atoms with Gasteiger partial charge in [0.15, 0.2) is 0 Å². The van der Waals surface area contributed by atoms with Crippen molar-refractivity contribution in [1.82, 2.24) is 0 Å². The minimum absolute atomic E-state index is 0.491. The molecule has 0 saturated carbocycles. The Balaban J connectivity index is 0.000000246. The molecular formula is C18H21NO3. The third-order valence-electron chi connectivity index (χ3n) is 3.30. The molecule has 1 aliphatic heterocycles. The fraction of sp³-hybridized carbons (Fsp3) is 0.278. The molecule has 0 amide bonds. The molecule has 0 fully saturated rings. The predicted molar refractivity (Wildman–Crippen MR) is 87.4 cm³/mol. The molecule has 1 atom stereocenters. The Morgan fingerprint density at radius 2 is 1.82 bits per heavy atom. The van der Waals surface area contributed by atoms with Gasteiger partial charge in [0.25, 0.3) is 0 Å². The lowest BCUT2D eigenvalue weighted by Crippen LogP contribution is -2.26. The third kappa shape index (κ3) is 4.25. The van der Waals surface area contributed by atoms with Crippen LogP contribution in [0.3, 0.4) is 0 Å². The highest BCUT2D eigenvalue weighted by Crippen LogP contribution is 2.33. The molecule has 0 aliphatic carbocycles. The minimum atomic E-state index is -0.822. The number of aliphatic carboxylic acids is 1. The Kier molecular flexibility index (Phi) is 5.83. The SMILES string of the molecule is CCCOc1cccc2c1CC(C(=O)O)N2.c1ccccc1. The van der Waals surface area contributed by atoms with Crippen molar-refractivity contribution in [3.63, 3.8) is 0 Å². The number of fused-ring (bicyclic) bond motifs is 1. The highest BCUT2D eigenvalue weighted by molar-refractivity contribution is 5.82. The first-order valence-corrected chi connectivity index (χ1v) is 7.46. The van der Waals surface area contributed by atoms with E-state index in [9.17, 15) is 4.79 Å². The van der Waals surface area contributed by atoms with E-state index in [1.165, 1.54) is 0 Å². The van der Waals surface area contributed by atoms with Gasteiger partial charge in [0.1, 0.15) is 11.8 Å². The molecular weight excluding hydrogens is 278 g/mol. The second-order valence-corrected chi connectivity index (χ2v) is 5.02. The zero-order chi connectivity index (χ0) is 15.8. The van der Waals surface area contributed by atoms with Gasteiger partial charge < -0.3 is 15.2 Å². The van der Waals surface area contributed by atoms with Gasteiger partial charge in [-0.05, 0) is 18.6 Å². The first-order chi connectivity index (χ1) is 10.7. The number of carboxylic acids is 1. The lowest BCUT2D eigenvalue weighted by atomic mass is 10.1. The maximum absolute atomic E-state index is 10.9. The molecule has 2 aromatic carbocycles. The maximum Gasteiger partial charge on any atom is 0.326 e. The van der Waals surface area contributed by atoms with E-state index in [0.717, 1.165) is 23.4 Å². The molecule has 3 rings (SSSR count). The average molecular weight is 299 g/mol. The maximum atomic E-state index is 10.9. The van der Waals surface area contributed by atoms with Crippen molar-refractivity contribution in [1.29, 1.82) is 0 Å². The Morgan fingerprint density at radius 3 is 2.36 bits per heavy atom. The first-order valence-electron chi connectivity index (χ1n) is 7.46. The molecule has 2 N–H and O–H groups in total. The lowest BCUT2D eigenvalue weighted by molar-refractivity contribution is -0.137. The Bertz CT molecular complexity index is 572. The zero-order valence-electron chi connectivity index (χ0n) is 12.7. The number of nitrogens with one attached hydrogen (secondary N) is 1. The van der Waals surface area contributed by atoms with Crippen molar-refractivity contribution in [3.05, 3.63) is 60.2 Å². The van der Waals surface area contributed by atoms with Gasteiger partial charge in [0, 0.05) is 17.7 Å². The van der Waals surface area contributed by atoms with Crippen LogP contribution in [0.25, 0.3) is 0 Å². The quantitative estimate of drug-likeness (QED) is 0.906. The van der Waals surface area contributed by atoms with E-state index < -0.39 is 12.0 Å². The third-order valence-corrected chi connectivity index (χ3v) is 3.30. The van der Waals surface area contributed by atoms with Gasteiger partial charge >= 0.3 is 5.97 Å². The van der Waals surface area contributed by atoms with Crippen LogP contribution in [0, 0.1) is 0 Å². The number of benzene rings is 2. The van der Waals surface area contributed by atoms with Gasteiger partial charge in [-0.1, -0.05) is 49.4 Å². The van der Waals surface area contributed by atoms with Crippen molar-refractivity contribution in [2.45, 2.75) is 25.8 Å². The number of carbonyl (C=O) groups is 1. The lowest BCUT2D eigenvalue weighted by Gasteiger charge is -2.08. The normalized spacial score (nSPS) is 15.0. The fourth-order valence-electron chi connectivity index (χ4n) is 2.24. The summed E-state index contributed by atoms with van der Waals surface area (Å²) in [6.45, 7) is 2.70. The number of ether oxygens (including phenoxy) is 1. The van der Waals surface area contributed by atoms with E-state index in [2.05, 4.69) is 5.32 Å². The Labute approximate surface area is 130 Å². The Hall–Kier alpha value is -2.49. The number of rotatable bonds is 4. The standard InChI is InChI=1S/C12H15NO3.C6H6/c1-2-6-16-11-5-3-4-9-8(11)7-10(13-9)12(14)15;1-2-4-6-5-3-1/h3-5,10,13H,2,6-7H2,1H3,(H,14,15);1-6H. The molecule has 1 unspecified atom stereocenters. The highest BCUT2D eigenvalue weighted by atomic mass is 16.5. The molecule has 116 valence electrons. The van der Waals surface area contributed by atoms with Gasteiger partial charge in [0.05, 0.1) is 6.61 Å². The van der Waals surface area contributed by atoms with Crippen LogP contribution in [-0.4, -0.2) is 23.7 Å². The molecule has 0 aromatic heterocycles. The predicted octanol–water partition coefficient (Wildman–Crippen LogP) is 3.58.